The molecule has 1 amide bonds. The third-order valence-electron chi connectivity index (χ3n) is 3.92. The van der Waals surface area contributed by atoms with Gasteiger partial charge in [0.1, 0.15) is 6.54 Å². The third-order valence-corrected chi connectivity index (χ3v) is 5.05. The zero-order valence-electron chi connectivity index (χ0n) is 14.2. The van der Waals surface area contributed by atoms with Crippen LogP contribution in [0.3, 0.4) is 0 Å². The average molecular weight is 326 g/mol. The number of carbonyl (C=O) groups is 1. The van der Waals surface area contributed by atoms with E-state index in [1.165, 1.54) is 0 Å². The molecular weight excluding hydrogens is 300 g/mol. The Morgan fingerprint density at radius 1 is 1.23 bits per heavy atom. The number of hydrogen-bond acceptors (Lipinski definition) is 3. The smallest absolute Gasteiger partial charge is 0.240 e. The Kier molecular flexibility index (Phi) is 6.00. The summed E-state index contributed by atoms with van der Waals surface area (Å²) < 4.78 is 25.4. The monoisotopic (exact) mass is 326 g/mol. The van der Waals surface area contributed by atoms with Gasteiger partial charge in [-0.15, -0.1) is 0 Å². The fourth-order valence-corrected chi connectivity index (χ4v) is 2.89. The van der Waals surface area contributed by atoms with Crippen LogP contribution in [-0.4, -0.2) is 33.2 Å². The number of nitrogens with zero attached hydrogens (tertiary/aromatic N) is 1. The third kappa shape index (κ3) is 4.73. The molecule has 5 nitrogen and oxygen atoms in total. The highest BCUT2D eigenvalue weighted by atomic mass is 32.2. The summed E-state index contributed by atoms with van der Waals surface area (Å²) in [6, 6.07) is 5.43. The Hall–Kier alpha value is -1.56. The van der Waals surface area contributed by atoms with Crippen molar-refractivity contribution >= 4 is 21.6 Å². The predicted octanol–water partition coefficient (Wildman–Crippen LogP) is 2.23. The standard InChI is InChI=1S/C16H26N2O3S/c1-11(2)14(5)17-16(19)10-18(22(6,20)21)15-9-7-8-12(3)13(15)4/h7-9,11,14H,10H2,1-6H3,(H,17,19)/t14-/m0/s1. The van der Waals surface area contributed by atoms with Gasteiger partial charge in [0, 0.05) is 6.04 Å². The minimum atomic E-state index is -3.54. The van der Waals surface area contributed by atoms with Crippen molar-refractivity contribution in [1.29, 1.82) is 0 Å². The molecule has 0 aliphatic rings. The van der Waals surface area contributed by atoms with Crippen LogP contribution < -0.4 is 9.62 Å². The van der Waals surface area contributed by atoms with Gasteiger partial charge < -0.3 is 5.32 Å². The van der Waals surface area contributed by atoms with E-state index in [0.717, 1.165) is 21.7 Å². The molecule has 0 radical (unpaired) electrons. The molecule has 0 heterocycles. The second-order valence-corrected chi connectivity index (χ2v) is 8.00. The van der Waals surface area contributed by atoms with E-state index < -0.39 is 10.0 Å². The topological polar surface area (TPSA) is 66.5 Å². The van der Waals surface area contributed by atoms with Gasteiger partial charge in [-0.3, -0.25) is 9.10 Å². The highest BCUT2D eigenvalue weighted by Gasteiger charge is 2.23. The van der Waals surface area contributed by atoms with Crippen molar-refractivity contribution in [2.75, 3.05) is 17.1 Å². The Balaban J connectivity index is 3.06. The van der Waals surface area contributed by atoms with E-state index in [1.807, 2.05) is 40.7 Å². The molecular formula is C16H26N2O3S. The van der Waals surface area contributed by atoms with Gasteiger partial charge in [0.2, 0.25) is 15.9 Å². The molecule has 1 atom stereocenters. The highest BCUT2D eigenvalue weighted by molar-refractivity contribution is 7.92. The molecule has 0 saturated heterocycles. The normalized spacial score (nSPS) is 13.0. The van der Waals surface area contributed by atoms with Crippen molar-refractivity contribution in [1.82, 2.24) is 5.32 Å². The van der Waals surface area contributed by atoms with Crippen LogP contribution in [0, 0.1) is 19.8 Å². The number of carbonyl (C=O) groups excluding carboxylic acids is 1. The zero-order chi connectivity index (χ0) is 17.1. The summed E-state index contributed by atoms with van der Waals surface area (Å²) in [5.41, 5.74) is 2.40. The second kappa shape index (κ2) is 7.13. The first-order valence-electron chi connectivity index (χ1n) is 7.37. The van der Waals surface area contributed by atoms with Crippen LogP contribution in [0.25, 0.3) is 0 Å². The summed E-state index contributed by atoms with van der Waals surface area (Å²) >= 11 is 0. The SMILES string of the molecule is Cc1cccc(N(CC(=O)N[C@@H](C)C(C)C)S(C)(=O)=O)c1C. The molecule has 0 unspecified atom stereocenters. The van der Waals surface area contributed by atoms with Crippen molar-refractivity contribution < 1.29 is 13.2 Å². The Morgan fingerprint density at radius 3 is 2.32 bits per heavy atom. The lowest BCUT2D eigenvalue weighted by Gasteiger charge is -2.26. The highest BCUT2D eigenvalue weighted by Crippen LogP contribution is 2.24. The number of anilines is 1. The molecule has 0 aliphatic carbocycles. The van der Waals surface area contributed by atoms with E-state index >= 15 is 0 Å². The van der Waals surface area contributed by atoms with Crippen molar-refractivity contribution in [3.05, 3.63) is 29.3 Å². The summed E-state index contributed by atoms with van der Waals surface area (Å²) in [5.74, 6) is -0.0103. The van der Waals surface area contributed by atoms with Crippen molar-refractivity contribution in [2.24, 2.45) is 5.92 Å². The molecule has 1 rings (SSSR count). The van der Waals surface area contributed by atoms with Crippen molar-refractivity contribution in [2.45, 2.75) is 40.7 Å². The lowest BCUT2D eigenvalue weighted by atomic mass is 10.1. The van der Waals surface area contributed by atoms with Gasteiger partial charge in [-0.25, -0.2) is 8.42 Å². The number of sulfonamides is 1. The van der Waals surface area contributed by atoms with Crippen LogP contribution in [0.15, 0.2) is 18.2 Å². The summed E-state index contributed by atoms with van der Waals surface area (Å²) in [7, 11) is -3.54. The summed E-state index contributed by atoms with van der Waals surface area (Å²) in [6.45, 7) is 9.48. The fraction of sp³-hybridized carbons (Fsp3) is 0.562. The van der Waals surface area contributed by atoms with E-state index in [9.17, 15) is 13.2 Å². The van der Waals surface area contributed by atoms with Crippen LogP contribution in [0.5, 0.6) is 0 Å². The molecule has 22 heavy (non-hydrogen) atoms. The number of benzene rings is 1. The Bertz CT molecular complexity index is 639. The maximum absolute atomic E-state index is 12.2. The Labute approximate surface area is 133 Å². The first-order chi connectivity index (χ1) is 10.0. The number of amides is 1. The summed E-state index contributed by atoms with van der Waals surface area (Å²) in [6.07, 6.45) is 1.12. The van der Waals surface area contributed by atoms with Gasteiger partial charge in [-0.2, -0.15) is 0 Å². The lowest BCUT2D eigenvalue weighted by Crippen LogP contribution is -2.44. The average Bonchev–Trinajstić information content (AvgIpc) is 2.38. The number of rotatable bonds is 6. The van der Waals surface area contributed by atoms with Gasteiger partial charge in [-0.1, -0.05) is 26.0 Å². The number of hydrogen-bond donors (Lipinski definition) is 1. The largest absolute Gasteiger partial charge is 0.352 e. The van der Waals surface area contributed by atoms with Crippen LogP contribution in [0.4, 0.5) is 5.69 Å². The van der Waals surface area contributed by atoms with Crippen LogP contribution in [0.2, 0.25) is 0 Å². The molecule has 0 spiro atoms. The molecule has 0 saturated carbocycles. The maximum Gasteiger partial charge on any atom is 0.240 e. The predicted molar refractivity (Wildman–Crippen MR) is 90.5 cm³/mol. The van der Waals surface area contributed by atoms with Crippen LogP contribution in [-0.2, 0) is 14.8 Å². The van der Waals surface area contributed by atoms with Crippen LogP contribution >= 0.6 is 0 Å². The summed E-state index contributed by atoms with van der Waals surface area (Å²) in [4.78, 5) is 12.2. The van der Waals surface area contributed by atoms with E-state index in [4.69, 9.17) is 0 Å². The first kappa shape index (κ1) is 18.5. The molecule has 1 N–H and O–H groups in total. The van der Waals surface area contributed by atoms with E-state index in [2.05, 4.69) is 5.32 Å². The Morgan fingerprint density at radius 2 is 1.82 bits per heavy atom. The minimum Gasteiger partial charge on any atom is -0.352 e. The first-order valence-corrected chi connectivity index (χ1v) is 9.22. The van der Waals surface area contributed by atoms with E-state index in [0.29, 0.717) is 5.69 Å². The molecule has 0 aliphatic heterocycles. The fourth-order valence-electron chi connectivity index (χ4n) is 1.98. The zero-order valence-corrected chi connectivity index (χ0v) is 15.0. The molecule has 1 aromatic rings. The lowest BCUT2D eigenvalue weighted by molar-refractivity contribution is -0.120. The molecule has 0 fully saturated rings. The van der Waals surface area contributed by atoms with Gasteiger partial charge in [-0.05, 0) is 43.9 Å². The van der Waals surface area contributed by atoms with Gasteiger partial charge in [0.25, 0.3) is 0 Å². The van der Waals surface area contributed by atoms with Crippen molar-refractivity contribution in [3.8, 4) is 0 Å². The van der Waals surface area contributed by atoms with Crippen LogP contribution in [0.1, 0.15) is 31.9 Å². The maximum atomic E-state index is 12.2. The molecule has 1 aromatic carbocycles. The molecule has 6 heteroatoms. The van der Waals surface area contributed by atoms with E-state index in [1.54, 1.807) is 12.1 Å². The molecule has 124 valence electrons. The summed E-state index contributed by atoms with van der Waals surface area (Å²) in [5, 5.41) is 2.84. The number of aryl methyl sites for hydroxylation is 1. The number of nitrogens with one attached hydrogen (secondary N) is 1. The van der Waals surface area contributed by atoms with E-state index in [-0.39, 0.29) is 24.4 Å². The quantitative estimate of drug-likeness (QED) is 0.872. The van der Waals surface area contributed by atoms with Gasteiger partial charge in [0.05, 0.1) is 11.9 Å². The van der Waals surface area contributed by atoms with Gasteiger partial charge >= 0.3 is 0 Å². The molecule has 0 bridgehead atoms. The second-order valence-electron chi connectivity index (χ2n) is 6.09. The molecule has 0 aromatic heterocycles. The minimum absolute atomic E-state index is 0.00693. The van der Waals surface area contributed by atoms with Crippen molar-refractivity contribution in [3.63, 3.8) is 0 Å². The van der Waals surface area contributed by atoms with Gasteiger partial charge in [0.15, 0.2) is 0 Å².